The van der Waals surface area contributed by atoms with Crippen LogP contribution in [0.2, 0.25) is 5.02 Å². The van der Waals surface area contributed by atoms with Crippen LogP contribution in [0.1, 0.15) is 10.4 Å². The quantitative estimate of drug-likeness (QED) is 0.599. The van der Waals surface area contributed by atoms with Crippen LogP contribution in [0.5, 0.6) is 11.5 Å². The van der Waals surface area contributed by atoms with Crippen molar-refractivity contribution in [2.75, 3.05) is 32.0 Å². The summed E-state index contributed by atoms with van der Waals surface area (Å²) in [4.78, 5) is 35.7. The van der Waals surface area contributed by atoms with Gasteiger partial charge in [0, 0.05) is 17.8 Å². The maximum Gasteiger partial charge on any atom is 0.337 e. The molecule has 0 atom stereocenters. The third-order valence-corrected chi connectivity index (χ3v) is 3.79. The molecule has 0 aliphatic carbocycles. The van der Waals surface area contributed by atoms with E-state index < -0.39 is 17.8 Å². The zero-order valence-corrected chi connectivity index (χ0v) is 15.5. The van der Waals surface area contributed by atoms with Crippen LogP contribution < -0.4 is 20.1 Å². The molecule has 2 aromatic carbocycles. The highest BCUT2D eigenvalue weighted by molar-refractivity contribution is 6.44. The van der Waals surface area contributed by atoms with Gasteiger partial charge < -0.3 is 24.8 Å². The van der Waals surface area contributed by atoms with E-state index in [1.54, 1.807) is 0 Å². The van der Waals surface area contributed by atoms with Gasteiger partial charge in [0.1, 0.15) is 11.5 Å². The Balaban J connectivity index is 2.10. The summed E-state index contributed by atoms with van der Waals surface area (Å²) in [5.41, 5.74) is 0.876. The van der Waals surface area contributed by atoms with Crippen molar-refractivity contribution in [3.05, 3.63) is 47.0 Å². The number of amides is 2. The van der Waals surface area contributed by atoms with Crippen molar-refractivity contribution in [2.24, 2.45) is 0 Å². The van der Waals surface area contributed by atoms with Crippen LogP contribution in [-0.2, 0) is 14.3 Å². The van der Waals surface area contributed by atoms with Gasteiger partial charge in [0.15, 0.2) is 0 Å². The molecule has 9 heteroatoms. The lowest BCUT2D eigenvalue weighted by Gasteiger charge is -2.13. The maximum absolute atomic E-state index is 12.2. The molecule has 0 saturated carbocycles. The van der Waals surface area contributed by atoms with Gasteiger partial charge in [0.25, 0.3) is 0 Å². The van der Waals surface area contributed by atoms with Gasteiger partial charge >= 0.3 is 17.8 Å². The number of nitrogens with one attached hydrogen (secondary N) is 2. The number of ether oxygens (including phenoxy) is 3. The maximum atomic E-state index is 12.2. The molecule has 0 aliphatic rings. The Morgan fingerprint density at radius 2 is 1.44 bits per heavy atom. The number of hydrogen-bond acceptors (Lipinski definition) is 6. The monoisotopic (exact) mass is 392 g/mol. The van der Waals surface area contributed by atoms with E-state index in [0.717, 1.165) is 0 Å². The number of esters is 1. The van der Waals surface area contributed by atoms with Gasteiger partial charge in [-0.3, -0.25) is 9.59 Å². The van der Waals surface area contributed by atoms with E-state index in [0.29, 0.717) is 22.0 Å². The van der Waals surface area contributed by atoms with Crippen molar-refractivity contribution in [3.63, 3.8) is 0 Å². The van der Waals surface area contributed by atoms with Crippen molar-refractivity contribution in [2.45, 2.75) is 0 Å². The van der Waals surface area contributed by atoms with E-state index in [1.165, 1.54) is 57.7 Å². The van der Waals surface area contributed by atoms with Gasteiger partial charge in [-0.15, -0.1) is 0 Å². The fourth-order valence-electron chi connectivity index (χ4n) is 2.13. The number of halogens is 1. The second kappa shape index (κ2) is 8.91. The summed E-state index contributed by atoms with van der Waals surface area (Å²) in [7, 11) is 4.09. The molecular weight excluding hydrogens is 376 g/mol. The van der Waals surface area contributed by atoms with Crippen LogP contribution in [0, 0.1) is 0 Å². The van der Waals surface area contributed by atoms with Gasteiger partial charge in [-0.2, -0.15) is 0 Å². The zero-order chi connectivity index (χ0) is 20.0. The Morgan fingerprint density at radius 3 is 2.00 bits per heavy atom. The number of methoxy groups -OCH3 is 3. The molecule has 2 N–H and O–H groups in total. The molecule has 27 heavy (non-hydrogen) atoms. The average molecular weight is 393 g/mol. The number of benzene rings is 2. The molecule has 0 heterocycles. The second-order valence-electron chi connectivity index (χ2n) is 5.16. The molecule has 142 valence electrons. The predicted molar refractivity (Wildman–Crippen MR) is 99.6 cm³/mol. The molecule has 0 spiro atoms. The fourth-order valence-corrected chi connectivity index (χ4v) is 2.36. The first-order valence-corrected chi connectivity index (χ1v) is 7.99. The van der Waals surface area contributed by atoms with E-state index in [9.17, 15) is 14.4 Å². The number of carbonyl (C=O) groups is 3. The Morgan fingerprint density at radius 1 is 0.852 bits per heavy atom. The molecule has 0 aromatic heterocycles. The lowest BCUT2D eigenvalue weighted by atomic mass is 10.2. The standard InChI is InChI=1S/C18H17ClN2O6/c1-25-14-9-13(15(26-2)8-12(14)19)21-17(23)16(22)20-11-6-4-10(5-7-11)18(24)27-3/h4-9H,1-3H3,(H,20,22)(H,21,23). The Hall–Kier alpha value is -3.26. The number of rotatable bonds is 5. The molecule has 2 amide bonds. The van der Waals surface area contributed by atoms with Crippen molar-refractivity contribution < 1.29 is 28.6 Å². The van der Waals surface area contributed by atoms with Crippen molar-refractivity contribution in [1.82, 2.24) is 0 Å². The first-order chi connectivity index (χ1) is 12.9. The largest absolute Gasteiger partial charge is 0.495 e. The second-order valence-corrected chi connectivity index (χ2v) is 5.57. The smallest absolute Gasteiger partial charge is 0.337 e. The number of hydrogen-bond donors (Lipinski definition) is 2. The molecule has 0 saturated heterocycles. The molecule has 0 fully saturated rings. The van der Waals surface area contributed by atoms with Gasteiger partial charge in [0.2, 0.25) is 0 Å². The molecule has 0 bridgehead atoms. The topological polar surface area (TPSA) is 103 Å². The van der Waals surface area contributed by atoms with Crippen LogP contribution in [0.4, 0.5) is 11.4 Å². The van der Waals surface area contributed by atoms with Gasteiger partial charge in [-0.1, -0.05) is 11.6 Å². The molecule has 0 unspecified atom stereocenters. The summed E-state index contributed by atoms with van der Waals surface area (Å²) in [5.74, 6) is -1.75. The number of carbonyl (C=O) groups excluding carboxylic acids is 3. The highest BCUT2D eigenvalue weighted by Gasteiger charge is 2.18. The summed E-state index contributed by atoms with van der Waals surface area (Å²) in [6.45, 7) is 0. The first kappa shape index (κ1) is 20.1. The molecule has 0 radical (unpaired) electrons. The van der Waals surface area contributed by atoms with Gasteiger partial charge in [0.05, 0.1) is 37.6 Å². The lowest BCUT2D eigenvalue weighted by molar-refractivity contribution is -0.133. The molecule has 2 rings (SSSR count). The van der Waals surface area contributed by atoms with Crippen molar-refractivity contribution in [1.29, 1.82) is 0 Å². The van der Waals surface area contributed by atoms with Crippen molar-refractivity contribution >= 4 is 40.8 Å². The normalized spacial score (nSPS) is 9.93. The Bertz CT molecular complexity index is 867. The summed E-state index contributed by atoms with van der Waals surface area (Å²) >= 11 is 6.00. The van der Waals surface area contributed by atoms with E-state index in [-0.39, 0.29) is 11.4 Å². The SMILES string of the molecule is COC(=O)c1ccc(NC(=O)C(=O)Nc2cc(OC)c(Cl)cc2OC)cc1. The van der Waals surface area contributed by atoms with Gasteiger partial charge in [-0.05, 0) is 24.3 Å². The van der Waals surface area contributed by atoms with E-state index in [2.05, 4.69) is 15.4 Å². The number of anilines is 2. The highest BCUT2D eigenvalue weighted by Crippen LogP contribution is 2.35. The van der Waals surface area contributed by atoms with E-state index in [4.69, 9.17) is 21.1 Å². The predicted octanol–water partition coefficient (Wildman–Crippen LogP) is 2.72. The van der Waals surface area contributed by atoms with Crippen LogP contribution in [0.3, 0.4) is 0 Å². The third kappa shape index (κ3) is 4.89. The summed E-state index contributed by atoms with van der Waals surface area (Å²) < 4.78 is 14.8. The molecule has 0 aliphatic heterocycles. The average Bonchev–Trinajstić information content (AvgIpc) is 2.68. The van der Waals surface area contributed by atoms with Gasteiger partial charge in [-0.25, -0.2) is 4.79 Å². The molecular formula is C18H17ClN2O6. The van der Waals surface area contributed by atoms with Crippen LogP contribution >= 0.6 is 11.6 Å². The van der Waals surface area contributed by atoms with E-state index in [1.807, 2.05) is 0 Å². The minimum absolute atomic E-state index is 0.222. The van der Waals surface area contributed by atoms with Crippen LogP contribution in [-0.4, -0.2) is 39.1 Å². The Kier molecular flexibility index (Phi) is 6.62. The lowest BCUT2D eigenvalue weighted by Crippen LogP contribution is -2.29. The minimum Gasteiger partial charge on any atom is -0.495 e. The summed E-state index contributed by atoms with van der Waals surface area (Å²) in [6.07, 6.45) is 0. The van der Waals surface area contributed by atoms with E-state index >= 15 is 0 Å². The highest BCUT2D eigenvalue weighted by atomic mass is 35.5. The van der Waals surface area contributed by atoms with Crippen LogP contribution in [0.25, 0.3) is 0 Å². The summed E-state index contributed by atoms with van der Waals surface area (Å²) in [5, 5.41) is 5.15. The third-order valence-electron chi connectivity index (χ3n) is 3.49. The first-order valence-electron chi connectivity index (χ1n) is 7.61. The van der Waals surface area contributed by atoms with Crippen molar-refractivity contribution in [3.8, 4) is 11.5 Å². The minimum atomic E-state index is -0.922. The molecule has 8 nitrogen and oxygen atoms in total. The Labute approximate surface area is 160 Å². The molecule has 2 aromatic rings. The fraction of sp³-hybridized carbons (Fsp3) is 0.167. The summed E-state index contributed by atoms with van der Waals surface area (Å²) in [6, 6.07) is 8.78. The van der Waals surface area contributed by atoms with Crippen LogP contribution in [0.15, 0.2) is 36.4 Å². The zero-order valence-electron chi connectivity index (χ0n) is 14.8.